The van der Waals surface area contributed by atoms with Crippen molar-refractivity contribution >= 4 is 26.9 Å². The number of nitrogens with zero attached hydrogens (tertiary/aromatic N) is 1. The maximum Gasteiger partial charge on any atom is 0.148 e. The number of benzene rings is 1. The Kier molecular flexibility index (Phi) is 4.03. The molecule has 1 atom stereocenters. The molecule has 2 heterocycles. The molecule has 0 spiro atoms. The minimum atomic E-state index is -0.344. The summed E-state index contributed by atoms with van der Waals surface area (Å²) in [7, 11) is 0. The van der Waals surface area contributed by atoms with Gasteiger partial charge in [0.15, 0.2) is 0 Å². The fourth-order valence-electron chi connectivity index (χ4n) is 2.38. The van der Waals surface area contributed by atoms with Gasteiger partial charge >= 0.3 is 0 Å². The minimum absolute atomic E-state index is 0.336. The predicted molar refractivity (Wildman–Crippen MR) is 83.6 cm³/mol. The van der Waals surface area contributed by atoms with Crippen molar-refractivity contribution in [2.75, 3.05) is 6.54 Å². The van der Waals surface area contributed by atoms with Crippen molar-refractivity contribution in [1.82, 2.24) is 10.3 Å². The van der Waals surface area contributed by atoms with Crippen LogP contribution < -0.4 is 5.32 Å². The fraction of sp³-hybridized carbons (Fsp3) is 0.188. The molecule has 0 saturated heterocycles. The van der Waals surface area contributed by atoms with Crippen molar-refractivity contribution in [1.29, 1.82) is 0 Å². The summed E-state index contributed by atoms with van der Waals surface area (Å²) in [5.41, 5.74) is 1.30. The first-order valence-electron chi connectivity index (χ1n) is 6.71. The number of aromatic nitrogens is 1. The highest BCUT2D eigenvalue weighted by Gasteiger charge is 2.21. The molecular formula is C16H14BrFN2O. The first kappa shape index (κ1) is 14.2. The first-order valence-corrected chi connectivity index (χ1v) is 7.50. The maximum absolute atomic E-state index is 14.0. The van der Waals surface area contributed by atoms with E-state index >= 15 is 0 Å². The van der Waals surface area contributed by atoms with Crippen LogP contribution in [-0.2, 0) is 0 Å². The standard InChI is InChI=1S/C16H14BrFN2O/c1-2-20-15(11-6-7-19-9-13(11)18)14-8-10-4-3-5-12(17)16(10)21-14/h3-9,15,20H,2H2,1H3. The molecule has 0 aliphatic rings. The number of fused-ring (bicyclic) bond motifs is 1. The van der Waals surface area contributed by atoms with Crippen LogP contribution in [0.5, 0.6) is 0 Å². The van der Waals surface area contributed by atoms with Gasteiger partial charge in [0.1, 0.15) is 17.2 Å². The summed E-state index contributed by atoms with van der Waals surface area (Å²) in [6, 6.07) is 9.11. The fourth-order valence-corrected chi connectivity index (χ4v) is 2.84. The molecule has 3 rings (SSSR count). The summed E-state index contributed by atoms with van der Waals surface area (Å²) < 4.78 is 20.8. The minimum Gasteiger partial charge on any atom is -0.458 e. The summed E-state index contributed by atoms with van der Waals surface area (Å²) in [4.78, 5) is 3.80. The molecule has 0 fully saturated rings. The second kappa shape index (κ2) is 5.95. The van der Waals surface area contributed by atoms with E-state index in [0.717, 1.165) is 15.4 Å². The van der Waals surface area contributed by atoms with E-state index in [-0.39, 0.29) is 11.9 Å². The molecule has 2 aromatic heterocycles. The smallest absolute Gasteiger partial charge is 0.148 e. The Morgan fingerprint density at radius 3 is 2.95 bits per heavy atom. The Hall–Kier alpha value is -1.72. The highest BCUT2D eigenvalue weighted by molar-refractivity contribution is 9.10. The van der Waals surface area contributed by atoms with Gasteiger partial charge in [-0.2, -0.15) is 0 Å². The van der Waals surface area contributed by atoms with Crippen molar-refractivity contribution in [3.63, 3.8) is 0 Å². The highest BCUT2D eigenvalue weighted by Crippen LogP contribution is 2.32. The van der Waals surface area contributed by atoms with Gasteiger partial charge in [-0.1, -0.05) is 19.1 Å². The molecule has 1 aromatic carbocycles. The third-order valence-electron chi connectivity index (χ3n) is 3.32. The molecule has 0 aliphatic carbocycles. The molecule has 3 nitrogen and oxygen atoms in total. The number of nitrogens with one attached hydrogen (secondary N) is 1. The van der Waals surface area contributed by atoms with Crippen LogP contribution in [0.3, 0.4) is 0 Å². The van der Waals surface area contributed by atoms with E-state index in [4.69, 9.17) is 4.42 Å². The van der Waals surface area contributed by atoms with E-state index in [0.29, 0.717) is 17.9 Å². The Balaban J connectivity index is 2.11. The lowest BCUT2D eigenvalue weighted by Crippen LogP contribution is -2.22. The van der Waals surface area contributed by atoms with Gasteiger partial charge in [0.2, 0.25) is 0 Å². The number of para-hydroxylation sites is 1. The monoisotopic (exact) mass is 348 g/mol. The van der Waals surface area contributed by atoms with Gasteiger partial charge in [0, 0.05) is 17.1 Å². The molecule has 0 saturated carbocycles. The zero-order valence-electron chi connectivity index (χ0n) is 11.4. The van der Waals surface area contributed by atoms with Crippen LogP contribution in [0.1, 0.15) is 24.3 Å². The third kappa shape index (κ3) is 2.71. The summed E-state index contributed by atoms with van der Waals surface area (Å²) in [5, 5.41) is 4.24. The topological polar surface area (TPSA) is 38.1 Å². The molecule has 1 N–H and O–H groups in total. The lowest BCUT2D eigenvalue weighted by molar-refractivity contribution is 0.461. The lowest BCUT2D eigenvalue weighted by Gasteiger charge is -2.16. The predicted octanol–water partition coefficient (Wildman–Crippen LogP) is 4.43. The quantitative estimate of drug-likeness (QED) is 0.757. The van der Waals surface area contributed by atoms with Gasteiger partial charge in [-0.15, -0.1) is 0 Å². The second-order valence-electron chi connectivity index (χ2n) is 4.69. The number of rotatable bonds is 4. The average molecular weight is 349 g/mol. The summed E-state index contributed by atoms with van der Waals surface area (Å²) >= 11 is 3.47. The van der Waals surface area contributed by atoms with E-state index in [2.05, 4.69) is 26.2 Å². The summed E-state index contributed by atoms with van der Waals surface area (Å²) in [6.07, 6.45) is 2.81. The molecule has 1 unspecified atom stereocenters. The van der Waals surface area contributed by atoms with Gasteiger partial charge < -0.3 is 9.73 Å². The van der Waals surface area contributed by atoms with Crippen LogP contribution in [0.15, 0.2) is 51.6 Å². The van der Waals surface area contributed by atoms with Crippen LogP contribution in [0.25, 0.3) is 11.0 Å². The summed E-state index contributed by atoms with van der Waals surface area (Å²) in [5.74, 6) is 0.340. The Bertz CT molecular complexity index is 772. The van der Waals surface area contributed by atoms with E-state index in [9.17, 15) is 4.39 Å². The molecule has 108 valence electrons. The molecule has 5 heteroatoms. The Labute approximate surface area is 130 Å². The van der Waals surface area contributed by atoms with Crippen LogP contribution in [0, 0.1) is 5.82 Å². The van der Waals surface area contributed by atoms with Crippen molar-refractivity contribution in [3.05, 3.63) is 64.3 Å². The zero-order valence-corrected chi connectivity index (χ0v) is 13.0. The maximum atomic E-state index is 14.0. The van der Waals surface area contributed by atoms with Crippen molar-refractivity contribution in [2.45, 2.75) is 13.0 Å². The van der Waals surface area contributed by atoms with E-state index in [1.54, 1.807) is 12.3 Å². The second-order valence-corrected chi connectivity index (χ2v) is 5.55. The number of furan rings is 1. The SMILES string of the molecule is CCNC(c1cc2cccc(Br)c2o1)c1ccncc1F. The number of hydrogen-bond donors (Lipinski definition) is 1. The number of hydrogen-bond acceptors (Lipinski definition) is 3. The van der Waals surface area contributed by atoms with Crippen molar-refractivity contribution in [2.24, 2.45) is 0 Å². The largest absolute Gasteiger partial charge is 0.458 e. The zero-order chi connectivity index (χ0) is 14.8. The van der Waals surface area contributed by atoms with Crippen molar-refractivity contribution in [3.8, 4) is 0 Å². The average Bonchev–Trinajstić information content (AvgIpc) is 2.91. The van der Waals surface area contributed by atoms with Gasteiger partial charge in [0.25, 0.3) is 0 Å². The van der Waals surface area contributed by atoms with Gasteiger partial charge in [-0.3, -0.25) is 4.98 Å². The van der Waals surface area contributed by atoms with Crippen molar-refractivity contribution < 1.29 is 8.81 Å². The van der Waals surface area contributed by atoms with Crippen LogP contribution in [0.4, 0.5) is 4.39 Å². The van der Waals surface area contributed by atoms with Crippen LogP contribution >= 0.6 is 15.9 Å². The molecule has 0 bridgehead atoms. The lowest BCUT2D eigenvalue weighted by atomic mass is 10.1. The number of pyridine rings is 1. The third-order valence-corrected chi connectivity index (χ3v) is 3.95. The molecule has 21 heavy (non-hydrogen) atoms. The van der Waals surface area contributed by atoms with Crippen LogP contribution in [-0.4, -0.2) is 11.5 Å². The Morgan fingerprint density at radius 2 is 2.24 bits per heavy atom. The van der Waals surface area contributed by atoms with Gasteiger partial charge in [0.05, 0.1) is 16.7 Å². The first-order chi connectivity index (χ1) is 10.2. The summed E-state index contributed by atoms with van der Waals surface area (Å²) in [6.45, 7) is 2.68. The van der Waals surface area contributed by atoms with Gasteiger partial charge in [-0.25, -0.2) is 4.39 Å². The van der Waals surface area contributed by atoms with E-state index in [1.807, 2.05) is 31.2 Å². The highest BCUT2D eigenvalue weighted by atomic mass is 79.9. The van der Waals surface area contributed by atoms with Gasteiger partial charge in [-0.05, 0) is 40.7 Å². The van der Waals surface area contributed by atoms with E-state index in [1.165, 1.54) is 6.20 Å². The number of halogens is 2. The van der Waals surface area contributed by atoms with E-state index < -0.39 is 0 Å². The normalized spacial score (nSPS) is 12.7. The molecule has 3 aromatic rings. The molecular weight excluding hydrogens is 335 g/mol. The Morgan fingerprint density at radius 1 is 1.38 bits per heavy atom. The molecule has 0 radical (unpaired) electrons. The molecule has 0 aliphatic heterocycles. The van der Waals surface area contributed by atoms with Crippen LogP contribution in [0.2, 0.25) is 0 Å². The molecule has 0 amide bonds.